The normalized spacial score (nSPS) is 17.2. The van der Waals surface area contributed by atoms with Crippen molar-refractivity contribution in [3.05, 3.63) is 64.8 Å². The second-order valence-corrected chi connectivity index (χ2v) is 9.40. The molecule has 1 amide bonds. The highest BCUT2D eigenvalue weighted by molar-refractivity contribution is 7.20. The molecule has 0 radical (unpaired) electrons. The first-order valence-electron chi connectivity index (χ1n) is 10.4. The molecule has 5 nitrogen and oxygen atoms in total. The average Bonchev–Trinajstić information content (AvgIpc) is 3.44. The lowest BCUT2D eigenvalue weighted by Crippen LogP contribution is -2.23. The van der Waals surface area contributed by atoms with Crippen LogP contribution in [0.2, 0.25) is 0 Å². The smallest absolute Gasteiger partial charge is 0.263 e. The van der Waals surface area contributed by atoms with Crippen LogP contribution in [0.5, 0.6) is 0 Å². The van der Waals surface area contributed by atoms with E-state index in [9.17, 15) is 4.79 Å². The Balaban J connectivity index is 1.45. The standard InChI is InChI=1S/C24H26N4OS/c1-26(2)24(29)22-21(19-8-6-11-25-23(19)30-22)16-10-12-28(14-16)15-17-13-27(3)20-9-5-4-7-18(17)20/h4-9,11,13,16H,10,12,14-15H2,1-3H3/t16-/m1/s1. The first kappa shape index (κ1) is 19.3. The van der Waals surface area contributed by atoms with Crippen molar-refractivity contribution in [3.8, 4) is 0 Å². The maximum absolute atomic E-state index is 12.9. The molecule has 0 unspecified atom stereocenters. The molecular weight excluding hydrogens is 392 g/mol. The van der Waals surface area contributed by atoms with Crippen molar-refractivity contribution < 1.29 is 4.79 Å². The molecule has 30 heavy (non-hydrogen) atoms. The van der Waals surface area contributed by atoms with Crippen molar-refractivity contribution in [2.24, 2.45) is 7.05 Å². The Kier molecular flexibility index (Phi) is 4.83. The number of pyridine rings is 1. The Morgan fingerprint density at radius 2 is 2.00 bits per heavy atom. The van der Waals surface area contributed by atoms with Gasteiger partial charge in [0.15, 0.2) is 0 Å². The van der Waals surface area contributed by atoms with Gasteiger partial charge in [-0.3, -0.25) is 9.69 Å². The summed E-state index contributed by atoms with van der Waals surface area (Å²) in [7, 11) is 5.76. The molecule has 1 aliphatic rings. The van der Waals surface area contributed by atoms with E-state index in [0.717, 1.165) is 41.1 Å². The number of thiophene rings is 1. The summed E-state index contributed by atoms with van der Waals surface area (Å²) in [6.07, 6.45) is 5.14. The number of likely N-dealkylation sites (tertiary alicyclic amines) is 1. The van der Waals surface area contributed by atoms with Crippen molar-refractivity contribution in [1.82, 2.24) is 19.4 Å². The highest BCUT2D eigenvalue weighted by Gasteiger charge is 2.31. The number of amides is 1. The van der Waals surface area contributed by atoms with Crippen LogP contribution in [-0.4, -0.2) is 52.4 Å². The van der Waals surface area contributed by atoms with Gasteiger partial charge in [-0.1, -0.05) is 24.3 Å². The van der Waals surface area contributed by atoms with Gasteiger partial charge in [-0.2, -0.15) is 0 Å². The van der Waals surface area contributed by atoms with Crippen LogP contribution in [-0.2, 0) is 13.6 Å². The van der Waals surface area contributed by atoms with E-state index in [2.05, 4.69) is 58.0 Å². The quantitative estimate of drug-likeness (QED) is 0.491. The number of fused-ring (bicyclic) bond motifs is 2. The van der Waals surface area contributed by atoms with Crippen molar-refractivity contribution in [1.29, 1.82) is 0 Å². The zero-order valence-electron chi connectivity index (χ0n) is 17.6. The van der Waals surface area contributed by atoms with E-state index in [-0.39, 0.29) is 5.91 Å². The lowest BCUT2D eigenvalue weighted by atomic mass is 9.95. The third-order valence-electron chi connectivity index (χ3n) is 6.16. The van der Waals surface area contributed by atoms with Crippen LogP contribution < -0.4 is 0 Å². The Morgan fingerprint density at radius 1 is 1.20 bits per heavy atom. The summed E-state index contributed by atoms with van der Waals surface area (Å²) in [5.41, 5.74) is 3.84. The topological polar surface area (TPSA) is 41.4 Å². The second kappa shape index (κ2) is 7.52. The van der Waals surface area contributed by atoms with Crippen molar-refractivity contribution >= 4 is 38.4 Å². The number of carbonyl (C=O) groups excluding carboxylic acids is 1. The number of para-hydroxylation sites is 1. The molecule has 0 N–H and O–H groups in total. The zero-order chi connectivity index (χ0) is 20.8. The molecule has 0 spiro atoms. The molecular formula is C24H26N4OS. The highest BCUT2D eigenvalue weighted by Crippen LogP contribution is 2.40. The molecule has 4 heterocycles. The monoisotopic (exact) mass is 418 g/mol. The fourth-order valence-corrected chi connectivity index (χ4v) is 5.97. The van der Waals surface area contributed by atoms with E-state index >= 15 is 0 Å². The van der Waals surface area contributed by atoms with Gasteiger partial charge >= 0.3 is 0 Å². The molecule has 0 bridgehead atoms. The number of hydrogen-bond acceptors (Lipinski definition) is 4. The van der Waals surface area contributed by atoms with Crippen LogP contribution in [0, 0.1) is 0 Å². The summed E-state index contributed by atoms with van der Waals surface area (Å²) in [5.74, 6) is 0.442. The molecule has 1 aliphatic heterocycles. The summed E-state index contributed by atoms with van der Waals surface area (Å²) < 4.78 is 2.21. The largest absolute Gasteiger partial charge is 0.350 e. The second-order valence-electron chi connectivity index (χ2n) is 8.40. The number of benzene rings is 1. The average molecular weight is 419 g/mol. The van der Waals surface area contributed by atoms with Gasteiger partial charge in [0.25, 0.3) is 5.91 Å². The number of aromatic nitrogens is 2. The Morgan fingerprint density at radius 3 is 2.83 bits per heavy atom. The lowest BCUT2D eigenvalue weighted by Gasteiger charge is -2.17. The van der Waals surface area contributed by atoms with Gasteiger partial charge in [0.2, 0.25) is 0 Å². The van der Waals surface area contributed by atoms with Gasteiger partial charge in [0, 0.05) is 68.8 Å². The van der Waals surface area contributed by atoms with Crippen LogP contribution in [0.15, 0.2) is 48.8 Å². The summed E-state index contributed by atoms with van der Waals surface area (Å²) in [4.78, 5) is 23.5. The molecule has 0 aliphatic carbocycles. The maximum atomic E-state index is 12.9. The lowest BCUT2D eigenvalue weighted by molar-refractivity contribution is 0.0831. The minimum atomic E-state index is 0.0838. The van der Waals surface area contributed by atoms with E-state index in [1.54, 1.807) is 4.90 Å². The molecule has 1 fully saturated rings. The van der Waals surface area contributed by atoms with Crippen LogP contribution in [0.3, 0.4) is 0 Å². The highest BCUT2D eigenvalue weighted by atomic mass is 32.1. The van der Waals surface area contributed by atoms with Gasteiger partial charge in [0.05, 0.1) is 4.88 Å². The van der Waals surface area contributed by atoms with Crippen molar-refractivity contribution in [2.45, 2.75) is 18.9 Å². The van der Waals surface area contributed by atoms with Gasteiger partial charge < -0.3 is 9.47 Å². The van der Waals surface area contributed by atoms with Gasteiger partial charge in [-0.15, -0.1) is 11.3 Å². The molecule has 1 saturated heterocycles. The minimum Gasteiger partial charge on any atom is -0.350 e. The van der Waals surface area contributed by atoms with Crippen molar-refractivity contribution in [2.75, 3.05) is 27.2 Å². The first-order chi connectivity index (χ1) is 14.5. The summed E-state index contributed by atoms with van der Waals surface area (Å²) in [5, 5.41) is 2.47. The van der Waals surface area contributed by atoms with E-state index in [1.807, 2.05) is 26.4 Å². The Bertz CT molecular complexity index is 1240. The summed E-state index contributed by atoms with van der Waals surface area (Å²) in [6.45, 7) is 2.95. The molecule has 1 aromatic carbocycles. The molecule has 0 saturated carbocycles. The molecule has 6 heteroatoms. The predicted molar refractivity (Wildman–Crippen MR) is 123 cm³/mol. The SMILES string of the molecule is CN(C)C(=O)c1sc2ncccc2c1[C@@H]1CCN(Cc2cn(C)c3ccccc23)C1. The number of nitrogens with zero attached hydrogens (tertiary/aromatic N) is 4. The molecule has 4 aromatic rings. The van der Waals surface area contributed by atoms with Gasteiger partial charge in [-0.05, 0) is 36.2 Å². The number of aryl methyl sites for hydroxylation is 1. The number of rotatable bonds is 4. The number of carbonyl (C=O) groups is 1. The molecule has 3 aromatic heterocycles. The third kappa shape index (κ3) is 3.20. The Labute approximate surface area is 180 Å². The minimum absolute atomic E-state index is 0.0838. The number of hydrogen-bond donors (Lipinski definition) is 0. The van der Waals surface area contributed by atoms with Gasteiger partial charge in [-0.25, -0.2) is 4.98 Å². The van der Waals surface area contributed by atoms with E-state index in [4.69, 9.17) is 0 Å². The van der Waals surface area contributed by atoms with Crippen LogP contribution in [0.1, 0.15) is 33.1 Å². The molecule has 5 rings (SSSR count). The van der Waals surface area contributed by atoms with Crippen molar-refractivity contribution in [3.63, 3.8) is 0 Å². The van der Waals surface area contributed by atoms with E-state index in [1.165, 1.54) is 33.4 Å². The van der Waals surface area contributed by atoms with Crippen LogP contribution in [0.4, 0.5) is 0 Å². The summed E-state index contributed by atoms with van der Waals surface area (Å²) in [6, 6.07) is 12.7. The van der Waals surface area contributed by atoms with Gasteiger partial charge in [0.1, 0.15) is 4.83 Å². The molecule has 1 atom stereocenters. The fourth-order valence-electron chi connectivity index (χ4n) is 4.72. The van der Waals surface area contributed by atoms with Crippen LogP contribution in [0.25, 0.3) is 21.1 Å². The fraction of sp³-hybridized carbons (Fsp3) is 0.333. The molecule has 154 valence electrons. The summed E-state index contributed by atoms with van der Waals surface area (Å²) >= 11 is 1.53. The zero-order valence-corrected chi connectivity index (χ0v) is 18.4. The van der Waals surface area contributed by atoms with E-state index < -0.39 is 0 Å². The van der Waals surface area contributed by atoms with Crippen LogP contribution >= 0.6 is 11.3 Å². The Hall–Kier alpha value is -2.70. The maximum Gasteiger partial charge on any atom is 0.263 e. The third-order valence-corrected chi connectivity index (χ3v) is 7.28. The predicted octanol–water partition coefficient (Wildman–Crippen LogP) is 4.48. The van der Waals surface area contributed by atoms with E-state index in [0.29, 0.717) is 5.92 Å². The first-order valence-corrected chi connectivity index (χ1v) is 11.2.